The highest BCUT2D eigenvalue weighted by Crippen LogP contribution is 2.39. The predicted octanol–water partition coefficient (Wildman–Crippen LogP) is 3.09. The average molecular weight is 402 g/mol. The highest BCUT2D eigenvalue weighted by atomic mass is 32.2. The second kappa shape index (κ2) is 7.01. The number of hydrogen-bond acceptors (Lipinski definition) is 5. The molecule has 2 heterocycles. The summed E-state index contributed by atoms with van der Waals surface area (Å²) in [5.74, 6) is 1.09. The van der Waals surface area contributed by atoms with E-state index in [4.69, 9.17) is 9.47 Å². The fourth-order valence-electron chi connectivity index (χ4n) is 3.52. The molecule has 0 saturated carbocycles. The van der Waals surface area contributed by atoms with Gasteiger partial charge >= 0.3 is 0 Å². The number of aryl methyl sites for hydroxylation is 1. The van der Waals surface area contributed by atoms with Crippen molar-refractivity contribution in [2.24, 2.45) is 0 Å². The molecule has 28 heavy (non-hydrogen) atoms. The summed E-state index contributed by atoms with van der Waals surface area (Å²) in [5, 5.41) is 2.76. The van der Waals surface area contributed by atoms with Crippen LogP contribution in [-0.2, 0) is 27.7 Å². The lowest BCUT2D eigenvalue weighted by atomic mass is 10.0. The number of rotatable bonds is 5. The van der Waals surface area contributed by atoms with Crippen molar-refractivity contribution in [3.8, 4) is 11.5 Å². The van der Waals surface area contributed by atoms with Crippen molar-refractivity contribution in [2.45, 2.75) is 44.1 Å². The van der Waals surface area contributed by atoms with Gasteiger partial charge in [0.2, 0.25) is 5.91 Å². The molecule has 0 aliphatic carbocycles. The maximum absolute atomic E-state index is 13.0. The summed E-state index contributed by atoms with van der Waals surface area (Å²) < 4.78 is 40.0. The van der Waals surface area contributed by atoms with E-state index >= 15 is 0 Å². The number of hydrogen-bond donors (Lipinski definition) is 2. The Labute approximate surface area is 164 Å². The van der Waals surface area contributed by atoms with E-state index in [1.165, 1.54) is 6.07 Å². The molecule has 2 aromatic rings. The van der Waals surface area contributed by atoms with Crippen LogP contribution in [0.25, 0.3) is 0 Å². The van der Waals surface area contributed by atoms with Crippen molar-refractivity contribution in [3.63, 3.8) is 0 Å². The maximum Gasteiger partial charge on any atom is 0.262 e. The number of amides is 1. The van der Waals surface area contributed by atoms with Crippen molar-refractivity contribution in [2.75, 3.05) is 16.6 Å². The molecular formula is C20H22N2O5S. The van der Waals surface area contributed by atoms with Gasteiger partial charge < -0.3 is 14.8 Å². The van der Waals surface area contributed by atoms with Gasteiger partial charge in [0.1, 0.15) is 17.6 Å². The predicted molar refractivity (Wildman–Crippen MR) is 106 cm³/mol. The Morgan fingerprint density at radius 1 is 1.21 bits per heavy atom. The Kier molecular flexibility index (Phi) is 4.66. The van der Waals surface area contributed by atoms with Gasteiger partial charge in [0.15, 0.2) is 0 Å². The molecule has 2 aliphatic heterocycles. The van der Waals surface area contributed by atoms with Crippen LogP contribution in [0.5, 0.6) is 11.5 Å². The van der Waals surface area contributed by atoms with E-state index in [1.807, 2.05) is 19.9 Å². The lowest BCUT2D eigenvalue weighted by Crippen LogP contribution is -2.20. The normalized spacial score (nSPS) is 17.9. The van der Waals surface area contributed by atoms with Crippen LogP contribution in [0.3, 0.4) is 0 Å². The standard InChI is InChI=1S/C20H22N2O5S/c1-3-26-19-10-14-8-12(2)27-18(14)11-17(19)22-28(24,25)15-5-6-16-13(9-15)4-7-20(23)21-16/h5-6,9-12,22H,3-4,7-8H2,1-2H3,(H,21,23). The minimum absolute atomic E-state index is 0.0483. The Bertz CT molecular complexity index is 1050. The van der Waals surface area contributed by atoms with Crippen LogP contribution < -0.4 is 19.5 Å². The third-order valence-electron chi connectivity index (χ3n) is 4.82. The molecule has 0 bridgehead atoms. The van der Waals surface area contributed by atoms with E-state index in [2.05, 4.69) is 10.0 Å². The molecule has 1 amide bonds. The first-order valence-corrected chi connectivity index (χ1v) is 10.8. The number of fused-ring (bicyclic) bond motifs is 2. The third kappa shape index (κ3) is 3.52. The van der Waals surface area contributed by atoms with Crippen LogP contribution in [0.4, 0.5) is 11.4 Å². The lowest BCUT2D eigenvalue weighted by Gasteiger charge is -2.18. The highest BCUT2D eigenvalue weighted by molar-refractivity contribution is 7.92. The fraction of sp³-hybridized carbons (Fsp3) is 0.350. The summed E-state index contributed by atoms with van der Waals surface area (Å²) >= 11 is 0. The second-order valence-electron chi connectivity index (χ2n) is 6.99. The van der Waals surface area contributed by atoms with Crippen molar-refractivity contribution in [3.05, 3.63) is 41.5 Å². The summed E-state index contributed by atoms with van der Waals surface area (Å²) in [6, 6.07) is 8.23. The molecule has 0 fully saturated rings. The molecule has 0 aromatic heterocycles. The molecule has 0 saturated heterocycles. The summed E-state index contributed by atoms with van der Waals surface area (Å²) in [6.45, 7) is 4.24. The van der Waals surface area contributed by atoms with E-state index in [-0.39, 0.29) is 16.9 Å². The average Bonchev–Trinajstić information content (AvgIpc) is 3.00. The van der Waals surface area contributed by atoms with Crippen molar-refractivity contribution < 1.29 is 22.7 Å². The van der Waals surface area contributed by atoms with Gasteiger partial charge in [-0.25, -0.2) is 8.42 Å². The van der Waals surface area contributed by atoms with E-state index in [0.29, 0.717) is 42.3 Å². The lowest BCUT2D eigenvalue weighted by molar-refractivity contribution is -0.116. The molecule has 148 valence electrons. The van der Waals surface area contributed by atoms with Crippen LogP contribution in [0, 0.1) is 0 Å². The quantitative estimate of drug-likeness (QED) is 0.802. The van der Waals surface area contributed by atoms with Gasteiger partial charge in [-0.2, -0.15) is 0 Å². The fourth-order valence-corrected chi connectivity index (χ4v) is 4.64. The van der Waals surface area contributed by atoms with Crippen molar-refractivity contribution in [1.82, 2.24) is 0 Å². The second-order valence-corrected chi connectivity index (χ2v) is 8.68. The van der Waals surface area contributed by atoms with Gasteiger partial charge in [0.05, 0.1) is 17.2 Å². The zero-order chi connectivity index (χ0) is 19.9. The van der Waals surface area contributed by atoms with Crippen molar-refractivity contribution >= 4 is 27.3 Å². The minimum Gasteiger partial charge on any atom is -0.492 e. The van der Waals surface area contributed by atoms with Crippen molar-refractivity contribution in [1.29, 1.82) is 0 Å². The Balaban J connectivity index is 1.67. The Morgan fingerprint density at radius 2 is 2.04 bits per heavy atom. The molecule has 4 rings (SSSR count). The number of ether oxygens (including phenoxy) is 2. The van der Waals surface area contributed by atoms with Crippen LogP contribution in [0.1, 0.15) is 31.4 Å². The zero-order valence-electron chi connectivity index (χ0n) is 15.7. The van der Waals surface area contributed by atoms with E-state index in [9.17, 15) is 13.2 Å². The number of anilines is 2. The number of carbonyl (C=O) groups excluding carboxylic acids is 1. The van der Waals surface area contributed by atoms with Crippen LogP contribution in [0.2, 0.25) is 0 Å². The first-order valence-electron chi connectivity index (χ1n) is 9.27. The van der Waals surface area contributed by atoms with E-state index in [1.54, 1.807) is 18.2 Å². The van der Waals surface area contributed by atoms with Gasteiger partial charge in [0, 0.05) is 30.2 Å². The first-order chi connectivity index (χ1) is 13.4. The van der Waals surface area contributed by atoms with Gasteiger partial charge in [-0.1, -0.05) is 0 Å². The highest BCUT2D eigenvalue weighted by Gasteiger charge is 2.25. The summed E-state index contributed by atoms with van der Waals surface area (Å²) in [7, 11) is -3.83. The Morgan fingerprint density at radius 3 is 2.82 bits per heavy atom. The van der Waals surface area contributed by atoms with E-state index in [0.717, 1.165) is 17.5 Å². The first kappa shape index (κ1) is 18.6. The summed E-state index contributed by atoms with van der Waals surface area (Å²) in [4.78, 5) is 11.6. The van der Waals surface area contributed by atoms with Crippen LogP contribution in [-0.4, -0.2) is 27.0 Å². The third-order valence-corrected chi connectivity index (χ3v) is 6.19. The Hall–Kier alpha value is -2.74. The smallest absolute Gasteiger partial charge is 0.262 e. The molecule has 2 aliphatic rings. The molecule has 2 aromatic carbocycles. The maximum atomic E-state index is 13.0. The molecular weight excluding hydrogens is 380 g/mol. The van der Waals surface area contributed by atoms with Crippen LogP contribution >= 0.6 is 0 Å². The minimum atomic E-state index is -3.83. The molecule has 1 atom stereocenters. The van der Waals surface area contributed by atoms with Gasteiger partial charge in [0.25, 0.3) is 10.0 Å². The molecule has 0 radical (unpaired) electrons. The monoisotopic (exact) mass is 402 g/mol. The summed E-state index contributed by atoms with van der Waals surface area (Å²) in [6.07, 6.45) is 1.67. The molecule has 7 nitrogen and oxygen atoms in total. The van der Waals surface area contributed by atoms with E-state index < -0.39 is 10.0 Å². The zero-order valence-corrected chi connectivity index (χ0v) is 16.6. The number of benzene rings is 2. The number of nitrogens with one attached hydrogen (secondary N) is 2. The topological polar surface area (TPSA) is 93.7 Å². The number of carbonyl (C=O) groups is 1. The SMILES string of the molecule is CCOc1cc2c(cc1NS(=O)(=O)c1ccc3c(c1)CCC(=O)N3)OC(C)C2. The van der Waals surface area contributed by atoms with Gasteiger partial charge in [-0.15, -0.1) is 0 Å². The molecule has 2 N–H and O–H groups in total. The van der Waals surface area contributed by atoms with Gasteiger partial charge in [-0.05, 0) is 50.1 Å². The molecule has 0 spiro atoms. The molecule has 8 heteroatoms. The van der Waals surface area contributed by atoms with Gasteiger partial charge in [-0.3, -0.25) is 9.52 Å². The molecule has 1 unspecified atom stereocenters. The largest absolute Gasteiger partial charge is 0.492 e. The van der Waals surface area contributed by atoms with Crippen LogP contribution in [0.15, 0.2) is 35.2 Å². The summed E-state index contributed by atoms with van der Waals surface area (Å²) in [5.41, 5.74) is 2.81. The number of sulfonamides is 1.